The van der Waals surface area contributed by atoms with Gasteiger partial charge < -0.3 is 5.73 Å². The minimum atomic E-state index is -2.50. The highest BCUT2D eigenvalue weighted by Gasteiger charge is 2.14. The normalized spacial score (nSPS) is 10.6. The zero-order chi connectivity index (χ0) is 19.2. The van der Waals surface area contributed by atoms with Crippen molar-refractivity contribution >= 4 is 16.9 Å². The Balaban J connectivity index is 0.000000388. The summed E-state index contributed by atoms with van der Waals surface area (Å²) in [6, 6.07) is 8.17. The second-order valence-corrected chi connectivity index (χ2v) is 5.62. The summed E-state index contributed by atoms with van der Waals surface area (Å²) >= 11 is 0. The lowest BCUT2D eigenvalue weighted by atomic mass is 10.1. The fraction of sp³-hybridized carbons (Fsp3) is 0.389. The summed E-state index contributed by atoms with van der Waals surface area (Å²) in [4.78, 5) is 8.25. The molecule has 0 aliphatic rings. The van der Waals surface area contributed by atoms with E-state index in [9.17, 15) is 8.78 Å². The van der Waals surface area contributed by atoms with Crippen LogP contribution in [0.15, 0.2) is 30.6 Å². The van der Waals surface area contributed by atoms with E-state index < -0.39 is 5.92 Å². The molecule has 2 N–H and O–H groups in total. The third-order valence-corrected chi connectivity index (χ3v) is 2.97. The fourth-order valence-electron chi connectivity index (χ4n) is 2.02. The summed E-state index contributed by atoms with van der Waals surface area (Å²) < 4.78 is 23.8. The van der Waals surface area contributed by atoms with Crippen LogP contribution in [0, 0.1) is 6.92 Å². The van der Waals surface area contributed by atoms with Crippen molar-refractivity contribution in [3.05, 3.63) is 36.2 Å². The van der Waals surface area contributed by atoms with Gasteiger partial charge >= 0.3 is 0 Å². The summed E-state index contributed by atoms with van der Waals surface area (Å²) in [7, 11) is 1.85. The Hall–Kier alpha value is -2.57. The number of rotatable bonds is 1. The van der Waals surface area contributed by atoms with Crippen LogP contribution in [-0.2, 0) is 7.05 Å². The smallest absolute Gasteiger partial charge is 0.242 e. The largest absolute Gasteiger partial charge is 0.383 e. The van der Waals surface area contributed by atoms with E-state index in [2.05, 4.69) is 34.1 Å². The van der Waals surface area contributed by atoms with Crippen LogP contribution in [-0.4, -0.2) is 25.7 Å². The van der Waals surface area contributed by atoms with Crippen molar-refractivity contribution < 1.29 is 8.78 Å². The molecule has 0 amide bonds. The second kappa shape index (κ2) is 8.50. The number of nitrogens with zero attached hydrogens (tertiary/aromatic N) is 4. The average molecular weight is 349 g/mol. The Morgan fingerprint density at radius 3 is 2.08 bits per heavy atom. The number of hydrogen-bond donors (Lipinski definition) is 1. The van der Waals surface area contributed by atoms with E-state index in [4.69, 9.17) is 5.73 Å². The molecular weight excluding hydrogens is 324 g/mol. The van der Waals surface area contributed by atoms with E-state index in [1.54, 1.807) is 4.68 Å². The van der Waals surface area contributed by atoms with Gasteiger partial charge in [-0.05, 0) is 20.8 Å². The SMILES string of the molecule is CC.CC(C)(F)F.Cc1ccc(-c2nn(C)c3ncnc(N)c23)cc1. The Bertz CT molecular complexity index is 799. The molecule has 2 aromatic heterocycles. The van der Waals surface area contributed by atoms with Crippen molar-refractivity contribution in [3.63, 3.8) is 0 Å². The lowest BCUT2D eigenvalue weighted by molar-refractivity contribution is 0.0437. The first-order valence-corrected chi connectivity index (χ1v) is 8.05. The summed E-state index contributed by atoms with van der Waals surface area (Å²) in [5, 5.41) is 5.29. The zero-order valence-corrected chi connectivity index (χ0v) is 15.5. The number of aryl methyl sites for hydroxylation is 2. The van der Waals surface area contributed by atoms with Crippen molar-refractivity contribution in [2.45, 2.75) is 40.5 Å². The predicted octanol–water partition coefficient (Wildman–Crippen LogP) is 4.61. The maximum atomic E-state index is 11.0. The van der Waals surface area contributed by atoms with Gasteiger partial charge in [0.25, 0.3) is 0 Å². The van der Waals surface area contributed by atoms with Gasteiger partial charge in [-0.2, -0.15) is 5.10 Å². The minimum Gasteiger partial charge on any atom is -0.383 e. The van der Waals surface area contributed by atoms with Crippen molar-refractivity contribution in [1.82, 2.24) is 19.7 Å². The van der Waals surface area contributed by atoms with Crippen molar-refractivity contribution in [2.75, 3.05) is 5.73 Å². The molecule has 0 aliphatic heterocycles. The molecule has 0 fully saturated rings. The molecule has 2 heterocycles. The molecule has 3 aromatic rings. The molecule has 0 unspecified atom stereocenters. The molecule has 1 aromatic carbocycles. The maximum Gasteiger partial charge on any atom is 0.242 e. The number of anilines is 1. The van der Waals surface area contributed by atoms with Crippen LogP contribution in [0.1, 0.15) is 33.3 Å². The van der Waals surface area contributed by atoms with E-state index in [0.717, 1.165) is 36.1 Å². The monoisotopic (exact) mass is 349 g/mol. The number of hydrogen-bond acceptors (Lipinski definition) is 4. The van der Waals surface area contributed by atoms with E-state index in [1.807, 2.05) is 33.0 Å². The Morgan fingerprint density at radius 1 is 1.04 bits per heavy atom. The number of fused-ring (bicyclic) bond motifs is 1. The van der Waals surface area contributed by atoms with Gasteiger partial charge in [-0.3, -0.25) is 0 Å². The molecule has 0 saturated carbocycles. The Kier molecular flexibility index (Phi) is 6.97. The molecular formula is C18H25F2N5. The highest BCUT2D eigenvalue weighted by Crippen LogP contribution is 2.29. The predicted molar refractivity (Wildman–Crippen MR) is 98.5 cm³/mol. The van der Waals surface area contributed by atoms with E-state index >= 15 is 0 Å². The highest BCUT2D eigenvalue weighted by molar-refractivity contribution is 5.98. The number of alkyl halides is 2. The number of nitrogen functional groups attached to an aromatic ring is 1. The second-order valence-electron chi connectivity index (χ2n) is 5.62. The standard InChI is InChI=1S/C13H13N5.C3H6F2.C2H6/c1-8-3-5-9(6-4-8)11-10-12(14)15-7-16-13(10)18(2)17-11;1-3(2,4)5;1-2/h3-7H,1-2H3,(H2,14,15,16);1-2H3;1-2H3. The molecule has 3 rings (SSSR count). The van der Waals surface area contributed by atoms with Gasteiger partial charge in [0.05, 0.1) is 5.39 Å². The lowest BCUT2D eigenvalue weighted by Gasteiger charge is -1.99. The molecule has 0 radical (unpaired) electrons. The van der Waals surface area contributed by atoms with Gasteiger partial charge in [0.15, 0.2) is 5.65 Å². The molecule has 25 heavy (non-hydrogen) atoms. The molecule has 136 valence electrons. The lowest BCUT2D eigenvalue weighted by Crippen LogP contribution is -1.98. The Labute approximate surface area is 146 Å². The summed E-state index contributed by atoms with van der Waals surface area (Å²) in [6.45, 7) is 7.76. The van der Waals surface area contributed by atoms with Crippen LogP contribution in [0.3, 0.4) is 0 Å². The Morgan fingerprint density at radius 2 is 1.56 bits per heavy atom. The highest BCUT2D eigenvalue weighted by atomic mass is 19.3. The van der Waals surface area contributed by atoms with Gasteiger partial charge in [-0.1, -0.05) is 43.7 Å². The third kappa shape index (κ3) is 5.77. The molecule has 0 spiro atoms. The molecule has 0 aliphatic carbocycles. The number of halogens is 2. The van der Waals surface area contributed by atoms with Crippen molar-refractivity contribution in [2.24, 2.45) is 7.05 Å². The molecule has 5 nitrogen and oxygen atoms in total. The van der Waals surface area contributed by atoms with Gasteiger partial charge in [0.1, 0.15) is 17.8 Å². The topological polar surface area (TPSA) is 69.6 Å². The van der Waals surface area contributed by atoms with Crippen LogP contribution in [0.4, 0.5) is 14.6 Å². The fourth-order valence-corrected chi connectivity index (χ4v) is 2.02. The van der Waals surface area contributed by atoms with E-state index in [1.165, 1.54) is 11.9 Å². The minimum absolute atomic E-state index is 0.462. The average Bonchev–Trinajstić information content (AvgIpc) is 2.87. The van der Waals surface area contributed by atoms with Gasteiger partial charge in [-0.15, -0.1) is 0 Å². The maximum absolute atomic E-state index is 11.0. The van der Waals surface area contributed by atoms with Crippen LogP contribution in [0.25, 0.3) is 22.3 Å². The first kappa shape index (κ1) is 20.5. The summed E-state index contributed by atoms with van der Waals surface area (Å²) in [6.07, 6.45) is 1.46. The van der Waals surface area contributed by atoms with Crippen LogP contribution in [0.2, 0.25) is 0 Å². The summed E-state index contributed by atoms with van der Waals surface area (Å²) in [5.41, 5.74) is 9.74. The number of benzene rings is 1. The van der Waals surface area contributed by atoms with Crippen LogP contribution >= 0.6 is 0 Å². The number of aromatic nitrogens is 4. The van der Waals surface area contributed by atoms with E-state index in [-0.39, 0.29) is 0 Å². The molecule has 7 heteroatoms. The van der Waals surface area contributed by atoms with E-state index in [0.29, 0.717) is 5.82 Å². The molecule has 0 saturated heterocycles. The number of nitrogens with two attached hydrogens (primary N) is 1. The van der Waals surface area contributed by atoms with Gasteiger partial charge in [-0.25, -0.2) is 23.4 Å². The zero-order valence-electron chi connectivity index (χ0n) is 15.5. The van der Waals surface area contributed by atoms with Crippen molar-refractivity contribution in [3.8, 4) is 11.3 Å². The van der Waals surface area contributed by atoms with Crippen molar-refractivity contribution in [1.29, 1.82) is 0 Å². The van der Waals surface area contributed by atoms with Crippen LogP contribution < -0.4 is 5.73 Å². The third-order valence-electron chi connectivity index (χ3n) is 2.97. The summed E-state index contributed by atoms with van der Waals surface area (Å²) in [5.74, 6) is -2.04. The molecule has 0 bridgehead atoms. The molecule has 0 atom stereocenters. The first-order chi connectivity index (χ1) is 11.7. The van der Waals surface area contributed by atoms with Gasteiger partial charge in [0.2, 0.25) is 5.92 Å². The van der Waals surface area contributed by atoms with Crippen LogP contribution in [0.5, 0.6) is 0 Å². The van der Waals surface area contributed by atoms with Gasteiger partial charge in [0, 0.05) is 12.6 Å². The first-order valence-electron chi connectivity index (χ1n) is 8.05. The quantitative estimate of drug-likeness (QED) is 0.696.